The summed E-state index contributed by atoms with van der Waals surface area (Å²) >= 11 is 0. The van der Waals surface area contributed by atoms with Crippen LogP contribution < -0.4 is 0 Å². The molecule has 0 radical (unpaired) electrons. The molecule has 0 N–H and O–H groups in total. The Balaban J connectivity index is 1.55. The Bertz CT molecular complexity index is 502. The minimum atomic E-state index is -0.582. The molecular weight excluding hydrogens is 292 g/mol. The fraction of sp³-hybridized carbons (Fsp3) is 0.889. The largest absolute Gasteiger partial charge is 0.465 e. The molecule has 4 bridgehead atoms. The van der Waals surface area contributed by atoms with Crippen LogP contribution in [0, 0.1) is 23.7 Å². The van der Waals surface area contributed by atoms with Crippen LogP contribution in [0.4, 0.5) is 0 Å². The van der Waals surface area contributed by atoms with Gasteiger partial charge in [0.25, 0.3) is 5.91 Å². The zero-order valence-corrected chi connectivity index (χ0v) is 14.5. The molecule has 1 heterocycles. The van der Waals surface area contributed by atoms with E-state index in [4.69, 9.17) is 4.74 Å². The van der Waals surface area contributed by atoms with Gasteiger partial charge in [0.1, 0.15) is 12.1 Å². The monoisotopic (exact) mass is 320 g/mol. The maximum Gasteiger partial charge on any atom is 0.322 e. The molecule has 1 saturated heterocycles. The minimum Gasteiger partial charge on any atom is -0.465 e. The van der Waals surface area contributed by atoms with Gasteiger partial charge in [0, 0.05) is 0 Å². The summed E-state index contributed by atoms with van der Waals surface area (Å²) in [5, 5.41) is 3.92. The Morgan fingerprint density at radius 2 is 1.70 bits per heavy atom. The summed E-state index contributed by atoms with van der Waals surface area (Å²) in [6.45, 7) is 6.23. The average molecular weight is 320 g/mol. The minimum absolute atomic E-state index is 0.180. The van der Waals surface area contributed by atoms with Crippen LogP contribution in [0.5, 0.6) is 0 Å². The third-order valence-electron chi connectivity index (χ3n) is 6.68. The molecule has 4 aliphatic carbocycles. The Hall–Kier alpha value is -1.10. The summed E-state index contributed by atoms with van der Waals surface area (Å²) in [7, 11) is 0. The number of carbonyl (C=O) groups is 2. The van der Waals surface area contributed by atoms with E-state index in [0.717, 1.165) is 11.8 Å². The van der Waals surface area contributed by atoms with Crippen molar-refractivity contribution in [3.63, 3.8) is 0 Å². The van der Waals surface area contributed by atoms with Crippen molar-refractivity contribution < 1.29 is 14.3 Å². The van der Waals surface area contributed by atoms with E-state index >= 15 is 0 Å². The lowest BCUT2D eigenvalue weighted by molar-refractivity contribution is -0.248. The molecule has 4 saturated carbocycles. The van der Waals surface area contributed by atoms with Gasteiger partial charge in [-0.1, -0.05) is 0 Å². The second kappa shape index (κ2) is 5.20. The summed E-state index contributed by atoms with van der Waals surface area (Å²) in [6.07, 6.45) is 6.50. The molecular formula is C18H28N2O3. The third kappa shape index (κ3) is 2.23. The lowest BCUT2D eigenvalue weighted by atomic mass is 9.53. The van der Waals surface area contributed by atoms with Gasteiger partial charge in [-0.25, -0.2) is 0 Å². The smallest absolute Gasteiger partial charge is 0.322 e. The molecule has 5 aliphatic rings. The standard InChI is InChI=1S/C18H28N2O3/c1-4-23-15(21)10-19-18(2,3)17(22)20(19)16-13-6-11-5-12(8-13)9-14(16)7-11/h11-14,16H,4-10H2,1-3H3. The average Bonchev–Trinajstić information content (AvgIpc) is 2.48. The molecule has 0 aromatic heterocycles. The van der Waals surface area contributed by atoms with Gasteiger partial charge in [-0.3, -0.25) is 14.6 Å². The van der Waals surface area contributed by atoms with Crippen molar-refractivity contribution in [3.8, 4) is 0 Å². The molecule has 0 aromatic rings. The fourth-order valence-electron chi connectivity index (χ4n) is 5.92. The zero-order chi connectivity index (χ0) is 16.4. The summed E-state index contributed by atoms with van der Waals surface area (Å²) in [4.78, 5) is 24.8. The van der Waals surface area contributed by atoms with Crippen molar-refractivity contribution in [1.82, 2.24) is 10.0 Å². The first-order valence-corrected chi connectivity index (χ1v) is 9.18. The molecule has 0 unspecified atom stereocenters. The van der Waals surface area contributed by atoms with Crippen molar-refractivity contribution in [2.75, 3.05) is 13.2 Å². The number of amides is 1. The molecule has 1 aliphatic heterocycles. The van der Waals surface area contributed by atoms with Gasteiger partial charge in [0.2, 0.25) is 0 Å². The van der Waals surface area contributed by atoms with Crippen LogP contribution in [0.25, 0.3) is 0 Å². The van der Waals surface area contributed by atoms with Gasteiger partial charge in [-0.05, 0) is 76.5 Å². The first-order valence-electron chi connectivity index (χ1n) is 9.18. The Kier molecular flexibility index (Phi) is 3.49. The number of carbonyl (C=O) groups excluding carboxylic acids is 2. The van der Waals surface area contributed by atoms with Gasteiger partial charge in [-0.15, -0.1) is 0 Å². The van der Waals surface area contributed by atoms with Crippen molar-refractivity contribution in [3.05, 3.63) is 0 Å². The quantitative estimate of drug-likeness (QED) is 0.745. The Morgan fingerprint density at radius 1 is 1.13 bits per heavy atom. The first-order chi connectivity index (χ1) is 10.9. The molecule has 1 amide bonds. The predicted molar refractivity (Wildman–Crippen MR) is 85.1 cm³/mol. The van der Waals surface area contributed by atoms with E-state index in [2.05, 4.69) is 0 Å². The van der Waals surface area contributed by atoms with Crippen LogP contribution in [0.2, 0.25) is 0 Å². The van der Waals surface area contributed by atoms with E-state index in [9.17, 15) is 9.59 Å². The normalized spacial score (nSPS) is 41.1. The molecule has 5 rings (SSSR count). The molecule has 0 aromatic carbocycles. The van der Waals surface area contributed by atoms with Crippen LogP contribution in [0.3, 0.4) is 0 Å². The number of hydrazine groups is 1. The van der Waals surface area contributed by atoms with Gasteiger partial charge in [0.05, 0.1) is 12.6 Å². The summed E-state index contributed by atoms with van der Waals surface area (Å²) in [5.74, 6) is 2.99. The lowest BCUT2D eigenvalue weighted by Gasteiger charge is -2.65. The third-order valence-corrected chi connectivity index (χ3v) is 6.68. The van der Waals surface area contributed by atoms with Crippen molar-refractivity contribution in [2.45, 2.75) is 64.5 Å². The zero-order valence-electron chi connectivity index (χ0n) is 14.5. The highest BCUT2D eigenvalue weighted by Gasteiger charge is 2.61. The Morgan fingerprint density at radius 3 is 2.22 bits per heavy atom. The summed E-state index contributed by atoms with van der Waals surface area (Å²) < 4.78 is 5.11. The van der Waals surface area contributed by atoms with E-state index in [-0.39, 0.29) is 18.4 Å². The highest BCUT2D eigenvalue weighted by atomic mass is 16.5. The van der Waals surface area contributed by atoms with Crippen molar-refractivity contribution in [1.29, 1.82) is 0 Å². The van der Waals surface area contributed by atoms with Crippen LogP contribution in [-0.2, 0) is 14.3 Å². The van der Waals surface area contributed by atoms with Gasteiger partial charge >= 0.3 is 5.97 Å². The Labute approximate surface area is 138 Å². The second-order valence-corrected chi connectivity index (χ2v) is 8.49. The molecule has 5 nitrogen and oxygen atoms in total. The van der Waals surface area contributed by atoms with Crippen molar-refractivity contribution >= 4 is 11.9 Å². The maximum atomic E-state index is 12.8. The lowest BCUT2D eigenvalue weighted by Crippen LogP contribution is -2.80. The van der Waals surface area contributed by atoms with E-state index < -0.39 is 5.54 Å². The molecule has 0 spiro atoms. The SMILES string of the molecule is CCOC(=O)CN1N(C2C3CC4CC(C3)CC2C4)C(=O)C1(C)C. The number of esters is 1. The molecule has 23 heavy (non-hydrogen) atoms. The van der Waals surface area contributed by atoms with E-state index in [1.165, 1.54) is 32.1 Å². The number of hydrogen-bond acceptors (Lipinski definition) is 4. The number of nitrogens with zero attached hydrogens (tertiary/aromatic N) is 2. The van der Waals surface area contributed by atoms with Gasteiger partial charge < -0.3 is 4.74 Å². The predicted octanol–water partition coefficient (Wildman–Crippen LogP) is 2.21. The summed E-state index contributed by atoms with van der Waals surface area (Å²) in [6, 6.07) is 0.317. The van der Waals surface area contributed by atoms with Gasteiger partial charge in [-0.2, -0.15) is 5.01 Å². The molecule has 0 atom stereocenters. The van der Waals surface area contributed by atoms with Crippen LogP contribution >= 0.6 is 0 Å². The van der Waals surface area contributed by atoms with Crippen LogP contribution in [0.1, 0.15) is 52.9 Å². The number of hydrogen-bond donors (Lipinski definition) is 0. The second-order valence-electron chi connectivity index (χ2n) is 8.49. The van der Waals surface area contributed by atoms with Crippen LogP contribution in [-0.4, -0.2) is 46.6 Å². The molecule has 5 fully saturated rings. The highest BCUT2D eigenvalue weighted by molar-refractivity contribution is 5.91. The molecule has 128 valence electrons. The van der Waals surface area contributed by atoms with Gasteiger partial charge in [0.15, 0.2) is 0 Å². The van der Waals surface area contributed by atoms with E-state index in [0.29, 0.717) is 24.5 Å². The van der Waals surface area contributed by atoms with Crippen molar-refractivity contribution in [2.24, 2.45) is 23.7 Å². The topological polar surface area (TPSA) is 49.9 Å². The summed E-state index contributed by atoms with van der Waals surface area (Å²) in [5.41, 5.74) is -0.582. The van der Waals surface area contributed by atoms with E-state index in [1.54, 1.807) is 0 Å². The van der Waals surface area contributed by atoms with Crippen LogP contribution in [0.15, 0.2) is 0 Å². The van der Waals surface area contributed by atoms with E-state index in [1.807, 2.05) is 30.8 Å². The number of ether oxygens (including phenoxy) is 1. The highest BCUT2D eigenvalue weighted by Crippen LogP contribution is 2.56. The fourth-order valence-corrected chi connectivity index (χ4v) is 5.92. The molecule has 5 heteroatoms. The first kappa shape index (κ1) is 15.4. The maximum absolute atomic E-state index is 12.8. The number of rotatable bonds is 4.